The molecule has 0 heterocycles. The van der Waals surface area contributed by atoms with Gasteiger partial charge in [0.25, 0.3) is 0 Å². The van der Waals surface area contributed by atoms with Crippen LogP contribution in [0.5, 0.6) is 0 Å². The fourth-order valence-electron chi connectivity index (χ4n) is 1.42. The van der Waals surface area contributed by atoms with Crippen LogP contribution in [0, 0.1) is 21.7 Å². The molecule has 0 aliphatic heterocycles. The van der Waals surface area contributed by atoms with E-state index in [1.807, 2.05) is 0 Å². The number of nitro groups is 1. The number of nitrogens with one attached hydrogen (secondary N) is 1. The molecule has 7 heteroatoms. The van der Waals surface area contributed by atoms with Crippen molar-refractivity contribution in [3.05, 3.63) is 33.9 Å². The lowest BCUT2D eigenvalue weighted by Gasteiger charge is -2.19. The maximum Gasteiger partial charge on any atom is 0.328 e. The second-order valence-electron chi connectivity index (χ2n) is 3.54. The third kappa shape index (κ3) is 3.10. The molecule has 0 atom stereocenters. The average molecular weight is 245 g/mol. The van der Waals surface area contributed by atoms with Gasteiger partial charge in [-0.2, -0.15) is 4.39 Å². The van der Waals surface area contributed by atoms with Crippen LogP contribution in [0.3, 0.4) is 0 Å². The molecule has 0 aliphatic carbocycles. The van der Waals surface area contributed by atoms with Gasteiger partial charge in [0.1, 0.15) is 11.5 Å². The minimum atomic E-state index is -1.17. The standard InChI is InChI=1S/C10H13F2N3O2/c1-13-3-4-14(2)9-6-7(11)5-8(12)10(9)15(16)17/h5-6,13H,3-4H2,1-2H3. The van der Waals surface area contributed by atoms with Gasteiger partial charge in [0, 0.05) is 32.3 Å². The number of rotatable bonds is 5. The number of benzene rings is 1. The molecule has 94 valence electrons. The first kappa shape index (κ1) is 13.3. The Kier molecular flexibility index (Phi) is 4.33. The van der Waals surface area contributed by atoms with Crippen molar-refractivity contribution in [3.63, 3.8) is 0 Å². The predicted octanol–water partition coefficient (Wildman–Crippen LogP) is 1.53. The number of anilines is 1. The van der Waals surface area contributed by atoms with Gasteiger partial charge in [-0.25, -0.2) is 4.39 Å². The van der Waals surface area contributed by atoms with E-state index in [2.05, 4.69) is 5.32 Å². The molecule has 17 heavy (non-hydrogen) atoms. The Bertz CT molecular complexity index is 426. The fraction of sp³-hybridized carbons (Fsp3) is 0.400. The minimum absolute atomic E-state index is 0.0669. The Hall–Kier alpha value is -1.76. The summed E-state index contributed by atoms with van der Waals surface area (Å²) in [6.45, 7) is 0.950. The number of hydrogen-bond donors (Lipinski definition) is 1. The second-order valence-corrected chi connectivity index (χ2v) is 3.54. The van der Waals surface area contributed by atoms with Gasteiger partial charge in [0.05, 0.1) is 4.92 Å². The summed E-state index contributed by atoms with van der Waals surface area (Å²) in [6.07, 6.45) is 0. The van der Waals surface area contributed by atoms with Crippen LogP contribution in [0.2, 0.25) is 0 Å². The monoisotopic (exact) mass is 245 g/mol. The van der Waals surface area contributed by atoms with E-state index in [1.165, 1.54) is 4.90 Å². The lowest BCUT2D eigenvalue weighted by atomic mass is 10.2. The van der Waals surface area contributed by atoms with Crippen LogP contribution in [0.25, 0.3) is 0 Å². The van der Waals surface area contributed by atoms with E-state index >= 15 is 0 Å². The van der Waals surface area contributed by atoms with E-state index in [4.69, 9.17) is 0 Å². The average Bonchev–Trinajstić information content (AvgIpc) is 2.23. The Labute approximate surface area is 97.2 Å². The lowest BCUT2D eigenvalue weighted by Crippen LogP contribution is -2.27. The highest BCUT2D eigenvalue weighted by molar-refractivity contribution is 5.63. The van der Waals surface area contributed by atoms with Crippen molar-refractivity contribution in [2.75, 3.05) is 32.1 Å². The van der Waals surface area contributed by atoms with E-state index in [0.717, 1.165) is 6.07 Å². The second kappa shape index (κ2) is 5.53. The normalized spacial score (nSPS) is 10.4. The molecule has 5 nitrogen and oxygen atoms in total. The van der Waals surface area contributed by atoms with Gasteiger partial charge >= 0.3 is 5.69 Å². The van der Waals surface area contributed by atoms with Crippen LogP contribution in [0.4, 0.5) is 20.2 Å². The largest absolute Gasteiger partial charge is 0.368 e. The van der Waals surface area contributed by atoms with Gasteiger partial charge in [-0.1, -0.05) is 0 Å². The van der Waals surface area contributed by atoms with Crippen molar-refractivity contribution in [1.82, 2.24) is 5.32 Å². The van der Waals surface area contributed by atoms with Crippen molar-refractivity contribution in [1.29, 1.82) is 0 Å². The lowest BCUT2D eigenvalue weighted by molar-refractivity contribution is -0.386. The summed E-state index contributed by atoms with van der Waals surface area (Å²) in [5.74, 6) is -2.00. The maximum absolute atomic E-state index is 13.3. The molecule has 1 aromatic rings. The third-order valence-corrected chi connectivity index (χ3v) is 2.30. The molecule has 0 saturated heterocycles. The highest BCUT2D eigenvalue weighted by Crippen LogP contribution is 2.31. The number of likely N-dealkylation sites (N-methyl/N-ethyl adjacent to an activating group) is 2. The molecule has 0 radical (unpaired) electrons. The maximum atomic E-state index is 13.3. The molecule has 0 saturated carbocycles. The molecule has 0 amide bonds. The van der Waals surface area contributed by atoms with Crippen molar-refractivity contribution in [3.8, 4) is 0 Å². The van der Waals surface area contributed by atoms with Crippen molar-refractivity contribution in [2.24, 2.45) is 0 Å². The molecular weight excluding hydrogens is 232 g/mol. The molecule has 0 aromatic heterocycles. The molecule has 0 spiro atoms. The first-order valence-electron chi connectivity index (χ1n) is 4.96. The van der Waals surface area contributed by atoms with E-state index in [0.29, 0.717) is 19.2 Å². The van der Waals surface area contributed by atoms with Gasteiger partial charge in [-0.3, -0.25) is 10.1 Å². The Morgan fingerprint density at radius 2 is 2.12 bits per heavy atom. The Morgan fingerprint density at radius 1 is 1.47 bits per heavy atom. The van der Waals surface area contributed by atoms with E-state index < -0.39 is 22.2 Å². The van der Waals surface area contributed by atoms with Crippen LogP contribution >= 0.6 is 0 Å². The molecular formula is C10H13F2N3O2. The van der Waals surface area contributed by atoms with Gasteiger partial charge < -0.3 is 10.2 Å². The van der Waals surface area contributed by atoms with E-state index in [1.54, 1.807) is 14.1 Å². The fourth-order valence-corrected chi connectivity index (χ4v) is 1.42. The summed E-state index contributed by atoms with van der Waals surface area (Å²) < 4.78 is 26.4. The topological polar surface area (TPSA) is 58.4 Å². The summed E-state index contributed by atoms with van der Waals surface area (Å²) in [5, 5.41) is 13.6. The molecule has 1 aromatic carbocycles. The zero-order chi connectivity index (χ0) is 13.0. The number of nitrogens with zero attached hydrogens (tertiary/aromatic N) is 2. The molecule has 0 fully saturated rings. The van der Waals surface area contributed by atoms with Crippen LogP contribution in [-0.4, -0.2) is 32.1 Å². The quantitative estimate of drug-likeness (QED) is 0.631. The highest BCUT2D eigenvalue weighted by Gasteiger charge is 2.24. The third-order valence-electron chi connectivity index (χ3n) is 2.30. The summed E-state index contributed by atoms with van der Waals surface area (Å²) in [4.78, 5) is 11.3. The number of nitro benzene ring substituents is 1. The van der Waals surface area contributed by atoms with Crippen molar-refractivity contribution < 1.29 is 13.7 Å². The highest BCUT2D eigenvalue weighted by atomic mass is 19.1. The van der Waals surface area contributed by atoms with Gasteiger partial charge in [0.15, 0.2) is 0 Å². The van der Waals surface area contributed by atoms with Crippen LogP contribution in [0.1, 0.15) is 0 Å². The summed E-state index contributed by atoms with van der Waals surface area (Å²) >= 11 is 0. The van der Waals surface area contributed by atoms with Gasteiger partial charge in [-0.15, -0.1) is 0 Å². The van der Waals surface area contributed by atoms with Crippen LogP contribution in [-0.2, 0) is 0 Å². The van der Waals surface area contributed by atoms with E-state index in [9.17, 15) is 18.9 Å². The number of hydrogen-bond acceptors (Lipinski definition) is 4. The first-order valence-corrected chi connectivity index (χ1v) is 4.96. The Morgan fingerprint density at radius 3 is 2.65 bits per heavy atom. The summed E-state index contributed by atoms with van der Waals surface area (Å²) in [6, 6.07) is 1.46. The zero-order valence-corrected chi connectivity index (χ0v) is 9.54. The summed E-state index contributed by atoms with van der Waals surface area (Å²) in [5.41, 5.74) is -0.771. The van der Waals surface area contributed by atoms with Crippen molar-refractivity contribution >= 4 is 11.4 Å². The van der Waals surface area contributed by atoms with Crippen LogP contribution < -0.4 is 10.2 Å². The van der Waals surface area contributed by atoms with Crippen molar-refractivity contribution in [2.45, 2.75) is 0 Å². The molecule has 1 N–H and O–H groups in total. The van der Waals surface area contributed by atoms with Gasteiger partial charge in [0.2, 0.25) is 5.82 Å². The minimum Gasteiger partial charge on any atom is -0.368 e. The zero-order valence-electron chi connectivity index (χ0n) is 9.54. The SMILES string of the molecule is CNCCN(C)c1cc(F)cc(F)c1[N+](=O)[O-]. The predicted molar refractivity (Wildman–Crippen MR) is 60.2 cm³/mol. The number of halogens is 2. The Balaban J connectivity index is 3.15. The van der Waals surface area contributed by atoms with Crippen LogP contribution in [0.15, 0.2) is 12.1 Å². The summed E-state index contributed by atoms with van der Waals surface area (Å²) in [7, 11) is 3.26. The first-order chi connectivity index (χ1) is 7.97. The molecule has 0 aliphatic rings. The van der Waals surface area contributed by atoms with E-state index in [-0.39, 0.29) is 5.69 Å². The molecule has 0 unspecified atom stereocenters. The molecule has 1 rings (SSSR count). The smallest absolute Gasteiger partial charge is 0.328 e. The molecule has 0 bridgehead atoms. The van der Waals surface area contributed by atoms with Gasteiger partial charge in [-0.05, 0) is 7.05 Å².